The summed E-state index contributed by atoms with van der Waals surface area (Å²) in [7, 11) is 0. The van der Waals surface area contributed by atoms with Crippen LogP contribution in [0.3, 0.4) is 0 Å². The molecule has 0 saturated carbocycles. The molecular formula is C15H15N5O. The first kappa shape index (κ1) is 12.1. The number of rotatable bonds is 3. The molecule has 6 nitrogen and oxygen atoms in total. The van der Waals surface area contributed by atoms with Crippen LogP contribution in [0.4, 0.5) is 5.82 Å². The maximum atomic E-state index is 5.90. The van der Waals surface area contributed by atoms with Gasteiger partial charge in [-0.1, -0.05) is 18.2 Å². The number of nitrogens with one attached hydrogen (secondary N) is 1. The molecule has 6 heteroatoms. The predicted molar refractivity (Wildman–Crippen MR) is 78.6 cm³/mol. The molecule has 0 fully saturated rings. The minimum absolute atomic E-state index is 0.141. The van der Waals surface area contributed by atoms with Gasteiger partial charge in [0.1, 0.15) is 17.7 Å². The molecule has 0 amide bonds. The summed E-state index contributed by atoms with van der Waals surface area (Å²) in [6.07, 6.45) is 1.07. The van der Waals surface area contributed by atoms with Crippen molar-refractivity contribution in [3.8, 4) is 5.75 Å². The van der Waals surface area contributed by atoms with E-state index < -0.39 is 0 Å². The minimum atomic E-state index is 0.141. The lowest BCUT2D eigenvalue weighted by Gasteiger charge is -2.12. The van der Waals surface area contributed by atoms with E-state index >= 15 is 0 Å². The largest absolute Gasteiger partial charge is 0.488 e. The molecule has 2 aromatic heterocycles. The zero-order chi connectivity index (χ0) is 14.2. The van der Waals surface area contributed by atoms with Crippen LogP contribution < -0.4 is 10.1 Å². The summed E-state index contributed by atoms with van der Waals surface area (Å²) in [6, 6.07) is 12.0. The van der Waals surface area contributed by atoms with E-state index in [0.29, 0.717) is 6.54 Å². The molecule has 4 rings (SSSR count). The Kier molecular flexibility index (Phi) is 2.73. The van der Waals surface area contributed by atoms with E-state index in [-0.39, 0.29) is 6.10 Å². The Hall–Kier alpha value is -2.63. The summed E-state index contributed by atoms with van der Waals surface area (Å²) < 4.78 is 7.63. The van der Waals surface area contributed by atoms with Crippen molar-refractivity contribution in [3.63, 3.8) is 0 Å². The maximum Gasteiger partial charge on any atom is 0.178 e. The first-order valence-corrected chi connectivity index (χ1v) is 6.97. The van der Waals surface area contributed by atoms with Crippen LogP contribution in [-0.2, 0) is 6.42 Å². The highest BCUT2D eigenvalue weighted by Gasteiger charge is 2.22. The van der Waals surface area contributed by atoms with Gasteiger partial charge in [-0.2, -0.15) is 4.52 Å². The van der Waals surface area contributed by atoms with Gasteiger partial charge in [-0.3, -0.25) is 0 Å². The number of hydrogen-bond donors (Lipinski definition) is 1. The first-order valence-electron chi connectivity index (χ1n) is 6.97. The third kappa shape index (κ3) is 2.18. The normalized spacial score (nSPS) is 16.7. The molecule has 1 aliphatic rings. The summed E-state index contributed by atoms with van der Waals surface area (Å²) in [4.78, 5) is 0. The second kappa shape index (κ2) is 4.73. The standard InChI is InChI=1S/C15H15N5O/c1-10-17-18-15-7-6-14(19-20(10)15)16-9-12-8-11-4-2-3-5-13(11)21-12/h2-7,12H,8-9H2,1H3,(H,16,19)/t12-/m1/s1. The molecule has 0 bridgehead atoms. The summed E-state index contributed by atoms with van der Waals surface area (Å²) >= 11 is 0. The fourth-order valence-electron chi connectivity index (χ4n) is 2.58. The van der Waals surface area contributed by atoms with Crippen LogP contribution >= 0.6 is 0 Å². The van der Waals surface area contributed by atoms with Gasteiger partial charge in [0.05, 0.1) is 6.54 Å². The van der Waals surface area contributed by atoms with Crippen LogP contribution in [0.25, 0.3) is 5.65 Å². The van der Waals surface area contributed by atoms with Gasteiger partial charge < -0.3 is 10.1 Å². The first-order chi connectivity index (χ1) is 10.3. The van der Waals surface area contributed by atoms with Gasteiger partial charge in [0.2, 0.25) is 0 Å². The van der Waals surface area contributed by atoms with Crippen LogP contribution in [-0.4, -0.2) is 32.5 Å². The summed E-state index contributed by atoms with van der Waals surface area (Å²) in [6.45, 7) is 2.60. The van der Waals surface area contributed by atoms with Crippen LogP contribution in [0, 0.1) is 6.92 Å². The average molecular weight is 281 g/mol. The van der Waals surface area contributed by atoms with E-state index in [9.17, 15) is 0 Å². The molecule has 0 saturated heterocycles. The second-order valence-electron chi connectivity index (χ2n) is 5.17. The maximum absolute atomic E-state index is 5.90. The number of aryl methyl sites for hydroxylation is 1. The average Bonchev–Trinajstić information content (AvgIpc) is 3.09. The third-order valence-corrected chi connectivity index (χ3v) is 3.64. The van der Waals surface area contributed by atoms with Crippen molar-refractivity contribution in [2.45, 2.75) is 19.4 Å². The van der Waals surface area contributed by atoms with Crippen LogP contribution in [0.1, 0.15) is 11.4 Å². The molecule has 21 heavy (non-hydrogen) atoms. The number of anilines is 1. The number of benzene rings is 1. The van der Waals surface area contributed by atoms with Crippen molar-refractivity contribution >= 4 is 11.5 Å². The minimum Gasteiger partial charge on any atom is -0.488 e. The molecule has 1 aromatic carbocycles. The Balaban J connectivity index is 1.46. The van der Waals surface area contributed by atoms with Crippen LogP contribution in [0.15, 0.2) is 36.4 Å². The highest BCUT2D eigenvalue weighted by atomic mass is 16.5. The van der Waals surface area contributed by atoms with Crippen molar-refractivity contribution in [1.29, 1.82) is 0 Å². The van der Waals surface area contributed by atoms with Gasteiger partial charge in [-0.15, -0.1) is 15.3 Å². The van der Waals surface area contributed by atoms with E-state index in [1.165, 1.54) is 5.56 Å². The Morgan fingerprint density at radius 1 is 1.24 bits per heavy atom. The Morgan fingerprint density at radius 2 is 2.14 bits per heavy atom. The molecule has 3 heterocycles. The van der Waals surface area contributed by atoms with Gasteiger partial charge in [0.25, 0.3) is 0 Å². The van der Waals surface area contributed by atoms with Crippen molar-refractivity contribution in [2.24, 2.45) is 0 Å². The Morgan fingerprint density at radius 3 is 3.05 bits per heavy atom. The fraction of sp³-hybridized carbons (Fsp3) is 0.267. The highest BCUT2D eigenvalue weighted by Crippen LogP contribution is 2.28. The quantitative estimate of drug-likeness (QED) is 0.793. The predicted octanol–water partition coefficient (Wildman–Crippen LogP) is 1.85. The van der Waals surface area contributed by atoms with E-state index in [0.717, 1.165) is 29.5 Å². The monoisotopic (exact) mass is 281 g/mol. The summed E-state index contributed by atoms with van der Waals surface area (Å²) in [5.74, 6) is 2.56. The molecule has 106 valence electrons. The number of para-hydroxylation sites is 1. The zero-order valence-electron chi connectivity index (χ0n) is 11.7. The Bertz CT molecular complexity index is 773. The summed E-state index contributed by atoms with van der Waals surface area (Å²) in [5, 5.41) is 15.8. The lowest BCUT2D eigenvalue weighted by molar-refractivity contribution is 0.246. The zero-order valence-corrected chi connectivity index (χ0v) is 11.7. The second-order valence-corrected chi connectivity index (χ2v) is 5.17. The van der Waals surface area contributed by atoms with E-state index in [1.807, 2.05) is 37.3 Å². The van der Waals surface area contributed by atoms with Gasteiger partial charge >= 0.3 is 0 Å². The molecule has 1 N–H and O–H groups in total. The van der Waals surface area contributed by atoms with Gasteiger partial charge in [0.15, 0.2) is 11.5 Å². The van der Waals surface area contributed by atoms with Crippen molar-refractivity contribution < 1.29 is 4.74 Å². The van der Waals surface area contributed by atoms with Crippen molar-refractivity contribution in [2.75, 3.05) is 11.9 Å². The smallest absolute Gasteiger partial charge is 0.178 e. The topological polar surface area (TPSA) is 64.3 Å². The number of hydrogen-bond acceptors (Lipinski definition) is 5. The van der Waals surface area contributed by atoms with Crippen LogP contribution in [0.5, 0.6) is 5.75 Å². The molecule has 0 radical (unpaired) electrons. The fourth-order valence-corrected chi connectivity index (χ4v) is 2.58. The van der Waals surface area contributed by atoms with Gasteiger partial charge in [-0.05, 0) is 30.7 Å². The SMILES string of the molecule is Cc1nnc2ccc(NC[C@H]3Cc4ccccc4O3)nn12. The third-order valence-electron chi connectivity index (χ3n) is 3.64. The molecule has 0 aliphatic carbocycles. The molecule has 3 aromatic rings. The lowest BCUT2D eigenvalue weighted by atomic mass is 10.1. The molecule has 0 spiro atoms. The summed E-state index contributed by atoms with van der Waals surface area (Å²) in [5.41, 5.74) is 2.02. The van der Waals surface area contributed by atoms with E-state index in [4.69, 9.17) is 4.74 Å². The number of nitrogens with zero attached hydrogens (tertiary/aromatic N) is 4. The van der Waals surface area contributed by atoms with Gasteiger partial charge in [0, 0.05) is 6.42 Å². The van der Waals surface area contributed by atoms with Crippen molar-refractivity contribution in [1.82, 2.24) is 19.8 Å². The highest BCUT2D eigenvalue weighted by molar-refractivity contribution is 5.44. The van der Waals surface area contributed by atoms with E-state index in [2.05, 4.69) is 26.7 Å². The molecule has 1 atom stereocenters. The molecule has 0 unspecified atom stereocenters. The molecule has 1 aliphatic heterocycles. The van der Waals surface area contributed by atoms with E-state index in [1.54, 1.807) is 4.52 Å². The Labute approximate surface area is 121 Å². The van der Waals surface area contributed by atoms with Gasteiger partial charge in [-0.25, -0.2) is 0 Å². The van der Waals surface area contributed by atoms with Crippen LogP contribution in [0.2, 0.25) is 0 Å². The number of fused-ring (bicyclic) bond motifs is 2. The lowest BCUT2D eigenvalue weighted by Crippen LogP contribution is -2.24. The number of ether oxygens (including phenoxy) is 1. The number of aromatic nitrogens is 4. The molecular weight excluding hydrogens is 266 g/mol. The van der Waals surface area contributed by atoms with Crippen molar-refractivity contribution in [3.05, 3.63) is 47.8 Å².